The number of carbonyl (C=O) groups excluding carboxylic acids is 1. The molecule has 4 atom stereocenters. The highest BCUT2D eigenvalue weighted by atomic mass is 16.5. The Morgan fingerprint density at radius 1 is 0.600 bits per heavy atom. The molecule has 0 aromatic heterocycles. The lowest BCUT2D eigenvalue weighted by Gasteiger charge is -2.44. The van der Waals surface area contributed by atoms with Gasteiger partial charge < -0.3 is 9.84 Å². The zero-order valence-corrected chi connectivity index (χ0v) is 26.9. The lowest BCUT2D eigenvalue weighted by Crippen LogP contribution is -2.35. The summed E-state index contributed by atoms with van der Waals surface area (Å²) in [5.41, 5.74) is 0. The number of hydrogen-bond acceptors (Lipinski definition) is 3. The highest BCUT2D eigenvalue weighted by Crippen LogP contribution is 2.47. The number of carboxylic acids is 1. The van der Waals surface area contributed by atoms with Crippen molar-refractivity contribution in [3.8, 4) is 0 Å². The van der Waals surface area contributed by atoms with E-state index in [4.69, 9.17) is 9.84 Å². The number of carboxylic acid groups (broad SMARTS) is 1. The van der Waals surface area contributed by atoms with Gasteiger partial charge in [-0.15, -0.1) is 0 Å². The molecule has 0 aliphatic heterocycles. The van der Waals surface area contributed by atoms with Crippen LogP contribution in [0.3, 0.4) is 0 Å². The molecule has 0 radical (unpaired) electrons. The van der Waals surface area contributed by atoms with Crippen molar-refractivity contribution in [2.75, 3.05) is 6.61 Å². The lowest BCUT2D eigenvalue weighted by molar-refractivity contribution is -0.137. The summed E-state index contributed by atoms with van der Waals surface area (Å²) >= 11 is 0. The molecule has 1 aliphatic rings. The minimum atomic E-state index is -0.651. The summed E-state index contributed by atoms with van der Waals surface area (Å²) in [6.07, 6.45) is 34.8. The Labute approximate surface area is 249 Å². The van der Waals surface area contributed by atoms with Crippen LogP contribution in [0.1, 0.15) is 187 Å². The molecule has 0 amide bonds. The number of rotatable bonds is 29. The van der Waals surface area contributed by atoms with E-state index in [1.165, 1.54) is 148 Å². The van der Waals surface area contributed by atoms with E-state index in [1.807, 2.05) is 0 Å². The smallest absolute Gasteiger partial charge is 0.303 e. The van der Waals surface area contributed by atoms with E-state index in [9.17, 15) is 9.59 Å². The van der Waals surface area contributed by atoms with Crippen LogP contribution >= 0.6 is 0 Å². The van der Waals surface area contributed by atoms with Crippen LogP contribution in [0.5, 0.6) is 0 Å². The molecular formula is C36H68O4. The Morgan fingerprint density at radius 3 is 1.48 bits per heavy atom. The third-order valence-electron chi connectivity index (χ3n) is 9.82. The molecule has 1 aliphatic carbocycles. The van der Waals surface area contributed by atoms with Crippen molar-refractivity contribution in [3.05, 3.63) is 0 Å². The van der Waals surface area contributed by atoms with Crippen LogP contribution in [0.2, 0.25) is 0 Å². The van der Waals surface area contributed by atoms with Gasteiger partial charge in [-0.1, -0.05) is 142 Å². The Balaban J connectivity index is 2.70. The third-order valence-corrected chi connectivity index (χ3v) is 9.82. The van der Waals surface area contributed by atoms with Gasteiger partial charge in [0.15, 0.2) is 0 Å². The second-order valence-corrected chi connectivity index (χ2v) is 13.1. The molecule has 0 aromatic carbocycles. The molecule has 1 saturated carbocycles. The Kier molecular flexibility index (Phi) is 24.8. The lowest BCUT2D eigenvalue weighted by atomic mass is 9.61. The molecule has 1 rings (SSSR count). The molecular weight excluding hydrogens is 496 g/mol. The second kappa shape index (κ2) is 26.8. The van der Waals surface area contributed by atoms with Crippen LogP contribution in [0.25, 0.3) is 0 Å². The quantitative estimate of drug-likeness (QED) is 0.0725. The Bertz CT molecular complexity index is 577. The summed E-state index contributed by atoms with van der Waals surface area (Å²) in [6, 6.07) is 0. The number of aliphatic carboxylic acids is 1. The number of unbranched alkanes of at least 4 members (excludes halogenated alkanes) is 16. The average molecular weight is 565 g/mol. The van der Waals surface area contributed by atoms with Gasteiger partial charge in [0.1, 0.15) is 0 Å². The summed E-state index contributed by atoms with van der Waals surface area (Å²) < 4.78 is 4.84. The number of carbonyl (C=O) groups is 2. The van der Waals surface area contributed by atoms with Gasteiger partial charge >= 0.3 is 5.97 Å². The predicted octanol–water partition coefficient (Wildman–Crippen LogP) is 11.3. The maximum absolute atomic E-state index is 10.8. The van der Waals surface area contributed by atoms with Crippen molar-refractivity contribution in [3.63, 3.8) is 0 Å². The largest absolute Gasteiger partial charge is 0.481 e. The molecule has 40 heavy (non-hydrogen) atoms. The van der Waals surface area contributed by atoms with Crippen LogP contribution < -0.4 is 0 Å². The second-order valence-electron chi connectivity index (χ2n) is 13.1. The summed E-state index contributed by atoms with van der Waals surface area (Å²) in [5, 5.41) is 8.93. The maximum atomic E-state index is 10.8. The van der Waals surface area contributed by atoms with Crippen molar-refractivity contribution in [2.45, 2.75) is 187 Å². The summed E-state index contributed by atoms with van der Waals surface area (Å²) in [6.45, 7) is 5.77. The standard InChI is InChI=1S/C36H68O4/c1-3-5-7-9-13-19-25-34-32(23-17-8-6-4-2)28-29-33(24-18-12-11-16-22-30-40-31-37)35(34)26-20-14-10-15-21-27-36(38)39/h31-35H,3-30H2,1-2H3,(H,38,39). The van der Waals surface area contributed by atoms with E-state index in [2.05, 4.69) is 13.8 Å². The predicted molar refractivity (Wildman–Crippen MR) is 170 cm³/mol. The first-order valence-electron chi connectivity index (χ1n) is 17.9. The maximum Gasteiger partial charge on any atom is 0.303 e. The summed E-state index contributed by atoms with van der Waals surface area (Å²) in [7, 11) is 0. The fraction of sp³-hybridized carbons (Fsp3) is 0.944. The van der Waals surface area contributed by atoms with Crippen LogP contribution in [-0.2, 0) is 14.3 Å². The highest BCUT2D eigenvalue weighted by Gasteiger charge is 2.37. The van der Waals surface area contributed by atoms with Crippen molar-refractivity contribution in [1.29, 1.82) is 0 Å². The molecule has 1 fully saturated rings. The molecule has 4 unspecified atom stereocenters. The number of ether oxygens (including phenoxy) is 1. The third kappa shape index (κ3) is 19.1. The minimum absolute atomic E-state index is 0.328. The van der Waals surface area contributed by atoms with Crippen LogP contribution in [0, 0.1) is 23.7 Å². The molecule has 4 heteroatoms. The van der Waals surface area contributed by atoms with E-state index >= 15 is 0 Å². The van der Waals surface area contributed by atoms with Crippen molar-refractivity contribution in [1.82, 2.24) is 0 Å². The zero-order chi connectivity index (χ0) is 29.1. The van der Waals surface area contributed by atoms with E-state index < -0.39 is 5.97 Å². The van der Waals surface area contributed by atoms with E-state index in [1.54, 1.807) is 0 Å². The molecule has 4 nitrogen and oxygen atoms in total. The molecule has 1 N–H and O–H groups in total. The fourth-order valence-corrected chi connectivity index (χ4v) is 7.52. The van der Waals surface area contributed by atoms with Crippen molar-refractivity contribution < 1.29 is 19.4 Å². The molecule has 0 spiro atoms. The first-order chi connectivity index (χ1) is 19.6. The first-order valence-corrected chi connectivity index (χ1v) is 17.9. The van der Waals surface area contributed by atoms with Gasteiger partial charge in [-0.05, 0) is 62.2 Å². The van der Waals surface area contributed by atoms with Crippen LogP contribution in [0.4, 0.5) is 0 Å². The number of hydrogen-bond donors (Lipinski definition) is 1. The SMILES string of the molecule is CCCCCCCCC1C(CCCCCC)CCC(CCCCCCCOC=O)C1CCCCCCCC(=O)O. The average Bonchev–Trinajstić information content (AvgIpc) is 2.95. The van der Waals surface area contributed by atoms with Gasteiger partial charge in [-0.2, -0.15) is 0 Å². The van der Waals surface area contributed by atoms with Crippen molar-refractivity contribution in [2.24, 2.45) is 23.7 Å². The minimum Gasteiger partial charge on any atom is -0.481 e. The van der Waals surface area contributed by atoms with E-state index in [0.29, 0.717) is 19.5 Å². The normalized spacial score (nSPS) is 20.9. The summed E-state index contributed by atoms with van der Waals surface area (Å²) in [5.74, 6) is 3.03. The first kappa shape index (κ1) is 37.0. The summed E-state index contributed by atoms with van der Waals surface area (Å²) in [4.78, 5) is 21.2. The Hall–Kier alpha value is -1.06. The fourth-order valence-electron chi connectivity index (χ4n) is 7.52. The molecule has 0 aromatic rings. The van der Waals surface area contributed by atoms with Crippen LogP contribution in [-0.4, -0.2) is 24.2 Å². The molecule has 0 bridgehead atoms. The van der Waals surface area contributed by atoms with Crippen molar-refractivity contribution >= 4 is 12.4 Å². The van der Waals surface area contributed by atoms with E-state index in [-0.39, 0.29) is 0 Å². The monoisotopic (exact) mass is 565 g/mol. The van der Waals surface area contributed by atoms with Gasteiger partial charge in [-0.25, -0.2) is 0 Å². The Morgan fingerprint density at radius 2 is 1.00 bits per heavy atom. The molecule has 0 saturated heterocycles. The topological polar surface area (TPSA) is 63.6 Å². The van der Waals surface area contributed by atoms with Gasteiger partial charge in [-0.3, -0.25) is 9.59 Å². The highest BCUT2D eigenvalue weighted by molar-refractivity contribution is 5.66. The zero-order valence-electron chi connectivity index (χ0n) is 26.9. The van der Waals surface area contributed by atoms with Crippen LogP contribution in [0.15, 0.2) is 0 Å². The molecule has 0 heterocycles. The van der Waals surface area contributed by atoms with Gasteiger partial charge in [0.2, 0.25) is 0 Å². The molecule has 236 valence electrons. The van der Waals surface area contributed by atoms with Gasteiger partial charge in [0.05, 0.1) is 6.61 Å². The van der Waals surface area contributed by atoms with Gasteiger partial charge in [0.25, 0.3) is 6.47 Å². The van der Waals surface area contributed by atoms with Gasteiger partial charge in [0, 0.05) is 6.42 Å². The van der Waals surface area contributed by atoms with E-state index in [0.717, 1.165) is 42.9 Å².